The van der Waals surface area contributed by atoms with Gasteiger partial charge in [0.15, 0.2) is 5.82 Å². The van der Waals surface area contributed by atoms with Crippen molar-refractivity contribution < 1.29 is 14.6 Å². The van der Waals surface area contributed by atoms with E-state index in [9.17, 15) is 9.90 Å². The quantitative estimate of drug-likeness (QED) is 0.482. The van der Waals surface area contributed by atoms with Gasteiger partial charge in [-0.1, -0.05) is 0 Å². The number of benzene rings is 1. The minimum Gasteiger partial charge on any atom is -0.489 e. The van der Waals surface area contributed by atoms with Gasteiger partial charge in [0.05, 0.1) is 17.4 Å². The van der Waals surface area contributed by atoms with Crippen LogP contribution in [0.2, 0.25) is 0 Å². The van der Waals surface area contributed by atoms with Gasteiger partial charge in [0.25, 0.3) is 5.91 Å². The van der Waals surface area contributed by atoms with E-state index in [-0.39, 0.29) is 18.1 Å². The molecule has 0 radical (unpaired) electrons. The predicted molar refractivity (Wildman–Crippen MR) is 133 cm³/mol. The van der Waals surface area contributed by atoms with E-state index in [0.717, 1.165) is 37.0 Å². The average Bonchev–Trinajstić information content (AvgIpc) is 3.24. The van der Waals surface area contributed by atoms with Crippen LogP contribution in [0.25, 0.3) is 5.52 Å². The number of anilines is 3. The second-order valence-electron chi connectivity index (χ2n) is 9.74. The van der Waals surface area contributed by atoms with E-state index in [4.69, 9.17) is 9.72 Å². The van der Waals surface area contributed by atoms with Crippen molar-refractivity contribution in [3.8, 4) is 5.75 Å². The maximum atomic E-state index is 12.4. The van der Waals surface area contributed by atoms with Crippen molar-refractivity contribution in [3.05, 3.63) is 42.1 Å². The summed E-state index contributed by atoms with van der Waals surface area (Å²) in [6.07, 6.45) is 5.07. The van der Waals surface area contributed by atoms with Gasteiger partial charge in [-0.15, -0.1) is 5.10 Å². The lowest BCUT2D eigenvalue weighted by Crippen LogP contribution is -2.36. The molecule has 0 spiro atoms. The van der Waals surface area contributed by atoms with Crippen LogP contribution in [0, 0.1) is 0 Å². The van der Waals surface area contributed by atoms with Gasteiger partial charge in [-0.2, -0.15) is 4.98 Å². The molecule has 2 heterocycles. The Balaban J connectivity index is 1.62. The van der Waals surface area contributed by atoms with Gasteiger partial charge in [0.2, 0.25) is 5.95 Å². The Kier molecular flexibility index (Phi) is 6.65. The molecule has 0 saturated heterocycles. The number of nitrogens with one attached hydrogen (secondary N) is 2. The van der Waals surface area contributed by atoms with E-state index in [1.807, 2.05) is 45.2 Å². The van der Waals surface area contributed by atoms with Crippen molar-refractivity contribution in [1.29, 1.82) is 0 Å². The fourth-order valence-electron chi connectivity index (χ4n) is 4.16. The van der Waals surface area contributed by atoms with E-state index >= 15 is 0 Å². The first-order chi connectivity index (χ1) is 16.1. The summed E-state index contributed by atoms with van der Waals surface area (Å²) in [5, 5.41) is 21.7. The third-order valence-corrected chi connectivity index (χ3v) is 6.04. The highest BCUT2D eigenvalue weighted by Crippen LogP contribution is 2.32. The number of aromatic nitrogens is 3. The number of nitrogens with zero attached hydrogens (tertiary/aromatic N) is 4. The standard InChI is InChI=1S/C25H34N6O3/c1-16(2)34-21-15-17(23(32)30(4)5)8-9-19(21)27-24-28-22(20-7-6-14-31(20)29-24)26-18-10-12-25(3,33)13-11-18/h6-9,14-16,18,33H,10-13H2,1-5H3,(H2,26,27,28,29)/t18-,25-. The molecule has 1 fully saturated rings. The maximum Gasteiger partial charge on any atom is 0.253 e. The Morgan fingerprint density at radius 3 is 2.68 bits per heavy atom. The third kappa shape index (κ3) is 5.41. The molecule has 1 aromatic carbocycles. The molecule has 2 aromatic heterocycles. The normalized spacial score (nSPS) is 20.4. The van der Waals surface area contributed by atoms with Crippen molar-refractivity contribution >= 4 is 28.9 Å². The predicted octanol–water partition coefficient (Wildman–Crippen LogP) is 4.07. The van der Waals surface area contributed by atoms with Crippen LogP contribution in [0.1, 0.15) is 56.8 Å². The highest BCUT2D eigenvalue weighted by atomic mass is 16.5. The first-order valence-electron chi connectivity index (χ1n) is 11.7. The zero-order valence-electron chi connectivity index (χ0n) is 20.5. The summed E-state index contributed by atoms with van der Waals surface area (Å²) in [4.78, 5) is 18.7. The summed E-state index contributed by atoms with van der Waals surface area (Å²) in [5.74, 6) is 1.61. The summed E-state index contributed by atoms with van der Waals surface area (Å²) < 4.78 is 7.78. The lowest BCUT2D eigenvalue weighted by Gasteiger charge is -2.33. The number of hydrogen-bond donors (Lipinski definition) is 3. The molecule has 0 atom stereocenters. The van der Waals surface area contributed by atoms with Gasteiger partial charge in [0, 0.05) is 31.9 Å². The number of amides is 1. The summed E-state index contributed by atoms with van der Waals surface area (Å²) in [6, 6.07) is 9.46. The molecule has 4 rings (SSSR count). The largest absolute Gasteiger partial charge is 0.489 e. The van der Waals surface area contributed by atoms with Crippen LogP contribution in [-0.4, -0.2) is 62.4 Å². The molecule has 9 nitrogen and oxygen atoms in total. The van der Waals surface area contributed by atoms with Crippen LogP contribution in [0.3, 0.4) is 0 Å². The zero-order valence-corrected chi connectivity index (χ0v) is 20.5. The molecule has 1 aliphatic carbocycles. The van der Waals surface area contributed by atoms with Crippen LogP contribution in [0.15, 0.2) is 36.5 Å². The monoisotopic (exact) mass is 466 g/mol. The molecule has 1 amide bonds. The Labute approximate surface area is 200 Å². The highest BCUT2D eigenvalue weighted by molar-refractivity contribution is 5.95. The molecule has 9 heteroatoms. The number of fused-ring (bicyclic) bond motifs is 1. The number of hydrogen-bond acceptors (Lipinski definition) is 7. The smallest absolute Gasteiger partial charge is 0.253 e. The Morgan fingerprint density at radius 2 is 2.00 bits per heavy atom. The van der Waals surface area contributed by atoms with Gasteiger partial charge in [-0.3, -0.25) is 4.79 Å². The third-order valence-electron chi connectivity index (χ3n) is 6.04. The molecule has 3 aromatic rings. The van der Waals surface area contributed by atoms with Crippen LogP contribution >= 0.6 is 0 Å². The van der Waals surface area contributed by atoms with Gasteiger partial charge >= 0.3 is 0 Å². The number of ether oxygens (including phenoxy) is 1. The number of carbonyl (C=O) groups excluding carboxylic acids is 1. The Bertz CT molecular complexity index is 1160. The maximum absolute atomic E-state index is 12.4. The van der Waals surface area contributed by atoms with Crippen LogP contribution in [0.4, 0.5) is 17.5 Å². The SMILES string of the molecule is CC(C)Oc1cc(C(=O)N(C)C)ccc1Nc1nc(N[C@H]2CC[C@](C)(O)CC2)c2cccn2n1. The van der Waals surface area contributed by atoms with E-state index in [0.29, 0.717) is 22.9 Å². The van der Waals surface area contributed by atoms with Crippen LogP contribution < -0.4 is 15.4 Å². The van der Waals surface area contributed by atoms with E-state index in [1.165, 1.54) is 4.90 Å². The molecule has 1 aliphatic rings. The molecular weight excluding hydrogens is 432 g/mol. The minimum absolute atomic E-state index is 0.0705. The molecule has 182 valence electrons. The number of aliphatic hydroxyl groups is 1. The van der Waals surface area contributed by atoms with Crippen molar-refractivity contribution in [3.63, 3.8) is 0 Å². The molecule has 0 aliphatic heterocycles. The van der Waals surface area contributed by atoms with Crippen molar-refractivity contribution in [2.45, 2.75) is 64.2 Å². The summed E-state index contributed by atoms with van der Waals surface area (Å²) in [6.45, 7) is 5.78. The minimum atomic E-state index is -0.589. The number of rotatable bonds is 7. The molecule has 1 saturated carbocycles. The lowest BCUT2D eigenvalue weighted by molar-refractivity contribution is 0.0196. The van der Waals surface area contributed by atoms with Gasteiger partial charge < -0.3 is 25.4 Å². The van der Waals surface area contributed by atoms with Gasteiger partial charge in [-0.05, 0) is 76.8 Å². The molecule has 0 unspecified atom stereocenters. The first-order valence-corrected chi connectivity index (χ1v) is 11.7. The summed E-state index contributed by atoms with van der Waals surface area (Å²) in [5.41, 5.74) is 1.51. The highest BCUT2D eigenvalue weighted by Gasteiger charge is 2.29. The summed E-state index contributed by atoms with van der Waals surface area (Å²) in [7, 11) is 3.44. The van der Waals surface area contributed by atoms with Crippen molar-refractivity contribution in [1.82, 2.24) is 19.5 Å². The number of carbonyl (C=O) groups is 1. The van der Waals surface area contributed by atoms with Crippen molar-refractivity contribution in [2.24, 2.45) is 0 Å². The van der Waals surface area contributed by atoms with E-state index in [1.54, 1.807) is 30.7 Å². The van der Waals surface area contributed by atoms with Gasteiger partial charge in [-0.25, -0.2) is 4.52 Å². The van der Waals surface area contributed by atoms with Crippen molar-refractivity contribution in [2.75, 3.05) is 24.7 Å². The molecule has 34 heavy (non-hydrogen) atoms. The lowest BCUT2D eigenvalue weighted by atomic mass is 9.84. The fourth-order valence-corrected chi connectivity index (χ4v) is 4.16. The molecule has 0 bridgehead atoms. The molecular formula is C25H34N6O3. The zero-order chi connectivity index (χ0) is 24.5. The second-order valence-corrected chi connectivity index (χ2v) is 9.74. The Hall–Kier alpha value is -3.33. The summed E-state index contributed by atoms with van der Waals surface area (Å²) >= 11 is 0. The van der Waals surface area contributed by atoms with E-state index < -0.39 is 5.60 Å². The first kappa shape index (κ1) is 23.8. The van der Waals surface area contributed by atoms with Crippen LogP contribution in [-0.2, 0) is 0 Å². The average molecular weight is 467 g/mol. The van der Waals surface area contributed by atoms with Crippen LogP contribution in [0.5, 0.6) is 5.75 Å². The topological polar surface area (TPSA) is 104 Å². The van der Waals surface area contributed by atoms with Gasteiger partial charge in [0.1, 0.15) is 11.3 Å². The second kappa shape index (κ2) is 9.50. The molecule has 3 N–H and O–H groups in total. The fraction of sp³-hybridized carbons (Fsp3) is 0.480. The van der Waals surface area contributed by atoms with E-state index in [2.05, 4.69) is 15.7 Å². The Morgan fingerprint density at radius 1 is 1.26 bits per heavy atom.